The van der Waals surface area contributed by atoms with Gasteiger partial charge in [0.1, 0.15) is 17.8 Å². The Hall–Kier alpha value is -4.27. The average molecular weight is 548 g/mol. The van der Waals surface area contributed by atoms with Crippen LogP contribution in [-0.4, -0.2) is 94.5 Å². The maximum Gasteiger partial charge on any atom is 0.331 e. The molecule has 1 aromatic heterocycles. The van der Waals surface area contributed by atoms with Gasteiger partial charge >= 0.3 is 5.97 Å². The van der Waals surface area contributed by atoms with Gasteiger partial charge in [0.05, 0.1) is 38.9 Å². The van der Waals surface area contributed by atoms with Crippen molar-refractivity contribution in [3.8, 4) is 0 Å². The summed E-state index contributed by atoms with van der Waals surface area (Å²) in [7, 11) is 1.05. The van der Waals surface area contributed by atoms with Crippen molar-refractivity contribution < 1.29 is 44.0 Å². The van der Waals surface area contributed by atoms with Gasteiger partial charge in [-0.1, -0.05) is 30.3 Å². The van der Waals surface area contributed by atoms with E-state index in [4.69, 9.17) is 0 Å². The number of aliphatic hydroxyl groups excluding tert-OH is 3. The largest absolute Gasteiger partial charge is 0.467 e. The number of carbonyl (C=O) groups is 5. The number of aliphatic hydroxyl groups is 3. The first-order chi connectivity index (χ1) is 18.6. The molecule has 4 amide bonds. The van der Waals surface area contributed by atoms with Gasteiger partial charge in [-0.2, -0.15) is 0 Å². The number of ether oxygens (including phenoxy) is 1. The topological polar surface area (TPSA) is 219 Å². The number of methoxy groups -OCH3 is 1. The Labute approximate surface area is 224 Å². The predicted octanol–water partition coefficient (Wildman–Crippen LogP) is -2.13. The standard InChI is InChI=1S/C25H33N5O9/c1-14(33)21(25(38)39-2)30-24(37)19(13-32)29-23(36)18(12-31)27-20(34)11-17(15-7-4-3-5-8-15)28-22(35)16-9-6-10-26-16/h3-10,14,17-19,21,26,31-33H,11-13H2,1-2H3,(H,27,34)(H,28,35)(H,29,36)(H,30,37). The van der Waals surface area contributed by atoms with Crippen LogP contribution in [0.1, 0.15) is 35.4 Å². The summed E-state index contributed by atoms with van der Waals surface area (Å²) in [4.78, 5) is 65.1. The molecule has 0 bridgehead atoms. The first kappa shape index (κ1) is 31.0. The highest BCUT2D eigenvalue weighted by atomic mass is 16.5. The third kappa shape index (κ3) is 9.21. The number of aromatic amines is 1. The minimum atomic E-state index is -1.58. The molecule has 0 aliphatic heterocycles. The van der Waals surface area contributed by atoms with E-state index in [-0.39, 0.29) is 12.1 Å². The molecule has 0 spiro atoms. The Morgan fingerprint density at radius 3 is 2.03 bits per heavy atom. The molecule has 8 N–H and O–H groups in total. The minimum absolute atomic E-state index is 0.280. The van der Waals surface area contributed by atoms with Crippen LogP contribution in [0.15, 0.2) is 48.7 Å². The lowest BCUT2D eigenvalue weighted by molar-refractivity contribution is -0.148. The number of H-pyrrole nitrogens is 1. The summed E-state index contributed by atoms with van der Waals surface area (Å²) in [5.74, 6) is -4.12. The fourth-order valence-electron chi connectivity index (χ4n) is 3.50. The smallest absolute Gasteiger partial charge is 0.331 e. The van der Waals surface area contributed by atoms with Gasteiger partial charge in [0.15, 0.2) is 6.04 Å². The van der Waals surface area contributed by atoms with Gasteiger partial charge < -0.3 is 46.3 Å². The number of esters is 1. The lowest BCUT2D eigenvalue weighted by atomic mass is 10.0. The van der Waals surface area contributed by atoms with Crippen LogP contribution in [0.3, 0.4) is 0 Å². The molecule has 2 aromatic rings. The van der Waals surface area contributed by atoms with E-state index in [0.717, 1.165) is 7.11 Å². The van der Waals surface area contributed by atoms with Crippen molar-refractivity contribution in [1.82, 2.24) is 26.3 Å². The Bertz CT molecular complexity index is 1110. The number of carbonyl (C=O) groups excluding carboxylic acids is 5. The molecule has 14 heteroatoms. The molecule has 212 valence electrons. The maximum absolute atomic E-state index is 12.8. The summed E-state index contributed by atoms with van der Waals surface area (Å²) in [5, 5.41) is 38.4. The molecular weight excluding hydrogens is 514 g/mol. The Morgan fingerprint density at radius 1 is 0.872 bits per heavy atom. The van der Waals surface area contributed by atoms with Crippen molar-refractivity contribution >= 4 is 29.6 Å². The summed E-state index contributed by atoms with van der Waals surface area (Å²) in [6.45, 7) is -0.506. The van der Waals surface area contributed by atoms with Crippen molar-refractivity contribution in [1.29, 1.82) is 0 Å². The summed E-state index contributed by atoms with van der Waals surface area (Å²) in [6.07, 6.45) is -0.0564. The molecule has 2 rings (SSSR count). The van der Waals surface area contributed by atoms with Crippen LogP contribution in [0.25, 0.3) is 0 Å². The number of hydrogen-bond donors (Lipinski definition) is 8. The van der Waals surface area contributed by atoms with E-state index in [1.165, 1.54) is 6.92 Å². The minimum Gasteiger partial charge on any atom is -0.467 e. The van der Waals surface area contributed by atoms with Gasteiger partial charge in [-0.25, -0.2) is 4.79 Å². The van der Waals surface area contributed by atoms with Crippen molar-refractivity contribution in [3.05, 3.63) is 59.9 Å². The summed E-state index contributed by atoms with van der Waals surface area (Å²) in [5.41, 5.74) is 0.898. The Morgan fingerprint density at radius 2 is 1.49 bits per heavy atom. The van der Waals surface area contributed by atoms with E-state index in [0.29, 0.717) is 5.56 Å². The highest BCUT2D eigenvalue weighted by molar-refractivity contribution is 5.95. The van der Waals surface area contributed by atoms with Gasteiger partial charge in [-0.05, 0) is 24.6 Å². The second-order valence-corrected chi connectivity index (χ2v) is 8.52. The monoisotopic (exact) mass is 547 g/mol. The molecular formula is C25H33N5O9. The maximum atomic E-state index is 12.8. The van der Waals surface area contributed by atoms with Crippen LogP contribution < -0.4 is 21.3 Å². The molecule has 5 atom stereocenters. The highest BCUT2D eigenvalue weighted by Gasteiger charge is 2.32. The normalized spacial score (nSPS) is 14.6. The molecule has 1 heterocycles. The van der Waals surface area contributed by atoms with Gasteiger partial charge in [0.2, 0.25) is 17.7 Å². The molecule has 1 aromatic carbocycles. The number of hydrogen-bond acceptors (Lipinski definition) is 9. The van der Waals surface area contributed by atoms with Crippen LogP contribution in [0.5, 0.6) is 0 Å². The van der Waals surface area contributed by atoms with Gasteiger partial charge in [0.25, 0.3) is 5.91 Å². The van der Waals surface area contributed by atoms with Gasteiger partial charge in [-0.3, -0.25) is 19.2 Å². The van der Waals surface area contributed by atoms with Crippen molar-refractivity contribution in [2.45, 2.75) is 43.6 Å². The van der Waals surface area contributed by atoms with Crippen molar-refractivity contribution in [2.75, 3.05) is 20.3 Å². The quantitative estimate of drug-likeness (QED) is 0.121. The zero-order valence-corrected chi connectivity index (χ0v) is 21.4. The van der Waals surface area contributed by atoms with Crippen molar-refractivity contribution in [2.24, 2.45) is 0 Å². The van der Waals surface area contributed by atoms with Gasteiger partial charge in [-0.15, -0.1) is 0 Å². The second kappa shape index (κ2) is 15.2. The third-order valence-corrected chi connectivity index (χ3v) is 5.62. The van der Waals surface area contributed by atoms with E-state index in [2.05, 4.69) is 31.0 Å². The lowest BCUT2D eigenvalue weighted by Crippen LogP contribution is -2.59. The van der Waals surface area contributed by atoms with Crippen LogP contribution in [0.4, 0.5) is 0 Å². The third-order valence-electron chi connectivity index (χ3n) is 5.62. The zero-order chi connectivity index (χ0) is 28.9. The van der Waals surface area contributed by atoms with Crippen LogP contribution in [0.2, 0.25) is 0 Å². The molecule has 14 nitrogen and oxygen atoms in total. The summed E-state index contributed by atoms with van der Waals surface area (Å²) >= 11 is 0. The van der Waals surface area contributed by atoms with E-state index < -0.39 is 73.1 Å². The van der Waals surface area contributed by atoms with E-state index in [1.54, 1.807) is 48.7 Å². The molecule has 0 aliphatic carbocycles. The SMILES string of the molecule is COC(=O)C(NC(=O)C(CO)NC(=O)C(CO)NC(=O)CC(NC(=O)c1ccc[nH]1)c1ccccc1)C(C)O. The highest BCUT2D eigenvalue weighted by Crippen LogP contribution is 2.17. The predicted molar refractivity (Wildman–Crippen MR) is 136 cm³/mol. The number of amides is 4. The van der Waals surface area contributed by atoms with E-state index >= 15 is 0 Å². The number of nitrogens with one attached hydrogen (secondary N) is 5. The molecule has 0 saturated heterocycles. The van der Waals surface area contributed by atoms with Crippen LogP contribution in [0, 0.1) is 0 Å². The molecule has 39 heavy (non-hydrogen) atoms. The molecule has 0 saturated carbocycles. The van der Waals surface area contributed by atoms with Crippen molar-refractivity contribution in [3.63, 3.8) is 0 Å². The second-order valence-electron chi connectivity index (χ2n) is 8.52. The molecule has 0 aliphatic rings. The Balaban J connectivity index is 2.05. The van der Waals surface area contributed by atoms with Crippen LogP contribution in [-0.2, 0) is 23.9 Å². The number of rotatable bonds is 14. The number of benzene rings is 1. The fourth-order valence-corrected chi connectivity index (χ4v) is 3.50. The summed E-state index contributed by atoms with van der Waals surface area (Å²) in [6, 6.07) is 6.52. The number of aromatic nitrogens is 1. The van der Waals surface area contributed by atoms with Crippen LogP contribution >= 0.6 is 0 Å². The molecule has 0 radical (unpaired) electrons. The summed E-state index contributed by atoms with van der Waals surface area (Å²) < 4.78 is 4.50. The lowest BCUT2D eigenvalue weighted by Gasteiger charge is -2.24. The van der Waals surface area contributed by atoms with Gasteiger partial charge in [0, 0.05) is 6.20 Å². The molecule has 0 fully saturated rings. The first-order valence-corrected chi connectivity index (χ1v) is 12.0. The first-order valence-electron chi connectivity index (χ1n) is 12.0. The molecule has 5 unspecified atom stereocenters. The zero-order valence-electron chi connectivity index (χ0n) is 21.4. The fraction of sp³-hybridized carbons (Fsp3) is 0.400. The Kier molecular flexibility index (Phi) is 12.1. The van der Waals surface area contributed by atoms with E-state index in [9.17, 15) is 39.3 Å². The average Bonchev–Trinajstić information content (AvgIpc) is 3.48. The van der Waals surface area contributed by atoms with E-state index in [1.807, 2.05) is 0 Å².